The topological polar surface area (TPSA) is 0 Å². The lowest BCUT2D eigenvalue weighted by Crippen LogP contribution is -2.53. The summed E-state index contributed by atoms with van der Waals surface area (Å²) in [5, 5.41) is 0. The predicted molar refractivity (Wildman–Crippen MR) is 118 cm³/mol. The van der Waals surface area contributed by atoms with Crippen LogP contribution < -0.4 is 0 Å². The third-order valence-electron chi connectivity index (χ3n) is 10.8. The van der Waals surface area contributed by atoms with Gasteiger partial charge in [0.1, 0.15) is 6.17 Å². The summed E-state index contributed by atoms with van der Waals surface area (Å²) in [6.45, 7) is 12.6. The van der Waals surface area contributed by atoms with Gasteiger partial charge in [-0.2, -0.15) is 0 Å². The van der Waals surface area contributed by atoms with Crippen LogP contribution in [0.15, 0.2) is 0 Å². The van der Waals surface area contributed by atoms with E-state index in [1.54, 1.807) is 0 Å². The molecule has 9 atom stereocenters. The largest absolute Gasteiger partial charge is 0.247 e. The Labute approximate surface area is 174 Å². The SMILES string of the molecule is CC(C)CCCC(C)[C@H]1CC[C@H]2[C@@H]3CC[C@H]4CC(F)CC[C@]4(C)[C@H]3CC[C@]12C. The van der Waals surface area contributed by atoms with Crippen molar-refractivity contribution in [2.45, 2.75) is 118 Å². The van der Waals surface area contributed by atoms with Crippen LogP contribution in [0.3, 0.4) is 0 Å². The first-order valence-corrected chi connectivity index (χ1v) is 12.9. The number of hydrogen-bond donors (Lipinski definition) is 0. The van der Waals surface area contributed by atoms with E-state index in [2.05, 4.69) is 34.6 Å². The van der Waals surface area contributed by atoms with Crippen molar-refractivity contribution in [3.8, 4) is 0 Å². The maximum Gasteiger partial charge on any atom is 0.100 e. The van der Waals surface area contributed by atoms with Gasteiger partial charge in [0.25, 0.3) is 0 Å². The second-order valence-corrected chi connectivity index (χ2v) is 12.6. The first kappa shape index (κ1) is 21.2. The molecule has 0 nitrogen and oxygen atoms in total. The van der Waals surface area contributed by atoms with Crippen molar-refractivity contribution >= 4 is 0 Å². The van der Waals surface area contributed by atoms with Gasteiger partial charge in [-0.05, 0) is 110 Å². The second-order valence-electron chi connectivity index (χ2n) is 12.6. The quantitative estimate of drug-likeness (QED) is 0.441. The van der Waals surface area contributed by atoms with Crippen molar-refractivity contribution in [2.75, 3.05) is 0 Å². The van der Waals surface area contributed by atoms with Crippen LogP contribution in [0.1, 0.15) is 112 Å². The lowest BCUT2D eigenvalue weighted by atomic mass is 9.44. The number of alkyl halides is 1. The lowest BCUT2D eigenvalue weighted by molar-refractivity contribution is -0.122. The molecular formula is C27H47F. The molecule has 0 heterocycles. The Morgan fingerprint density at radius 2 is 1.54 bits per heavy atom. The van der Waals surface area contributed by atoms with Gasteiger partial charge in [0, 0.05) is 0 Å². The van der Waals surface area contributed by atoms with Crippen molar-refractivity contribution in [2.24, 2.45) is 52.3 Å². The van der Waals surface area contributed by atoms with Crippen molar-refractivity contribution < 1.29 is 4.39 Å². The van der Waals surface area contributed by atoms with Crippen LogP contribution in [0.25, 0.3) is 0 Å². The van der Waals surface area contributed by atoms with Crippen molar-refractivity contribution in [3.05, 3.63) is 0 Å². The molecule has 4 rings (SSSR count). The molecule has 0 N–H and O–H groups in total. The first-order valence-electron chi connectivity index (χ1n) is 12.9. The van der Waals surface area contributed by atoms with Gasteiger partial charge in [-0.3, -0.25) is 0 Å². The van der Waals surface area contributed by atoms with Gasteiger partial charge < -0.3 is 0 Å². The first-order chi connectivity index (χ1) is 13.3. The molecule has 4 aliphatic carbocycles. The van der Waals surface area contributed by atoms with Crippen LogP contribution in [-0.4, -0.2) is 6.17 Å². The van der Waals surface area contributed by atoms with Crippen LogP contribution in [0.5, 0.6) is 0 Å². The Hall–Kier alpha value is -0.0700. The highest BCUT2D eigenvalue weighted by molar-refractivity contribution is 5.09. The van der Waals surface area contributed by atoms with Gasteiger partial charge >= 0.3 is 0 Å². The Bertz CT molecular complexity index is 540. The maximum atomic E-state index is 14.1. The van der Waals surface area contributed by atoms with Crippen LogP contribution in [-0.2, 0) is 0 Å². The molecule has 0 aromatic heterocycles. The zero-order chi connectivity index (χ0) is 20.1. The van der Waals surface area contributed by atoms with E-state index in [1.807, 2.05) is 0 Å². The Morgan fingerprint density at radius 1 is 0.821 bits per heavy atom. The molecule has 0 bridgehead atoms. The van der Waals surface area contributed by atoms with E-state index in [-0.39, 0.29) is 0 Å². The van der Waals surface area contributed by atoms with Crippen molar-refractivity contribution in [3.63, 3.8) is 0 Å². The molecule has 0 aromatic carbocycles. The number of fused-ring (bicyclic) bond motifs is 5. The van der Waals surface area contributed by atoms with Gasteiger partial charge in [-0.1, -0.05) is 53.9 Å². The van der Waals surface area contributed by atoms with Crippen molar-refractivity contribution in [1.82, 2.24) is 0 Å². The molecule has 4 aliphatic rings. The van der Waals surface area contributed by atoms with Crippen LogP contribution in [0, 0.1) is 52.3 Å². The summed E-state index contributed by atoms with van der Waals surface area (Å²) < 4.78 is 14.1. The monoisotopic (exact) mass is 390 g/mol. The maximum absolute atomic E-state index is 14.1. The molecule has 4 saturated carbocycles. The van der Waals surface area contributed by atoms with E-state index in [1.165, 1.54) is 64.2 Å². The standard InChI is InChI=1S/C27H47F/c1-18(2)7-6-8-19(3)23-11-12-24-22-10-9-20-17-21(28)13-15-26(20,4)25(22)14-16-27(23,24)5/h18-25H,6-17H2,1-5H3/t19?,20-,21?,22-,23+,24-,25-,26-,27+/m0/s1. The minimum atomic E-state index is -0.508. The van der Waals surface area contributed by atoms with Crippen molar-refractivity contribution in [1.29, 1.82) is 0 Å². The lowest BCUT2D eigenvalue weighted by Gasteiger charge is -2.61. The van der Waals surface area contributed by atoms with Gasteiger partial charge in [-0.15, -0.1) is 0 Å². The summed E-state index contributed by atoms with van der Waals surface area (Å²) in [5.74, 6) is 6.19. The third kappa shape index (κ3) is 3.49. The predicted octanol–water partition coefficient (Wildman–Crippen LogP) is 8.45. The average Bonchev–Trinajstić information content (AvgIpc) is 2.99. The Kier molecular flexibility index (Phi) is 5.96. The average molecular weight is 391 g/mol. The third-order valence-corrected chi connectivity index (χ3v) is 10.8. The smallest absolute Gasteiger partial charge is 0.100 e. The molecule has 0 radical (unpaired) electrons. The van der Waals surface area contributed by atoms with Crippen LogP contribution >= 0.6 is 0 Å². The van der Waals surface area contributed by atoms with Crippen LogP contribution in [0.4, 0.5) is 4.39 Å². The fraction of sp³-hybridized carbons (Fsp3) is 1.00. The molecule has 0 saturated heterocycles. The number of rotatable bonds is 5. The summed E-state index contributed by atoms with van der Waals surface area (Å²) in [5.41, 5.74) is 1.05. The summed E-state index contributed by atoms with van der Waals surface area (Å²) >= 11 is 0. The van der Waals surface area contributed by atoms with Gasteiger partial charge in [0.2, 0.25) is 0 Å². The molecule has 28 heavy (non-hydrogen) atoms. The molecule has 0 amide bonds. The highest BCUT2D eigenvalue weighted by Gasteiger charge is 2.60. The van der Waals surface area contributed by atoms with E-state index in [4.69, 9.17) is 0 Å². The molecule has 2 unspecified atom stereocenters. The van der Waals surface area contributed by atoms with E-state index in [0.717, 1.165) is 48.3 Å². The van der Waals surface area contributed by atoms with E-state index in [0.29, 0.717) is 16.7 Å². The molecule has 0 aromatic rings. The molecule has 1 heteroatoms. The summed E-state index contributed by atoms with van der Waals surface area (Å²) in [6, 6.07) is 0. The molecule has 4 fully saturated rings. The summed E-state index contributed by atoms with van der Waals surface area (Å²) in [7, 11) is 0. The number of hydrogen-bond acceptors (Lipinski definition) is 0. The van der Waals surface area contributed by atoms with E-state index in [9.17, 15) is 4.39 Å². The van der Waals surface area contributed by atoms with E-state index >= 15 is 0 Å². The highest BCUT2D eigenvalue weighted by Crippen LogP contribution is 2.68. The summed E-state index contributed by atoms with van der Waals surface area (Å²) in [4.78, 5) is 0. The normalized spacial score (nSPS) is 49.4. The fourth-order valence-electron chi connectivity index (χ4n) is 9.23. The Morgan fingerprint density at radius 3 is 2.29 bits per heavy atom. The van der Waals surface area contributed by atoms with Gasteiger partial charge in [0.05, 0.1) is 0 Å². The zero-order valence-corrected chi connectivity index (χ0v) is 19.5. The number of halogens is 1. The molecule has 0 aliphatic heterocycles. The minimum Gasteiger partial charge on any atom is -0.247 e. The fourth-order valence-corrected chi connectivity index (χ4v) is 9.23. The molecule has 162 valence electrons. The molecular weight excluding hydrogens is 343 g/mol. The van der Waals surface area contributed by atoms with E-state index < -0.39 is 6.17 Å². The minimum absolute atomic E-state index is 0.452. The zero-order valence-electron chi connectivity index (χ0n) is 19.5. The van der Waals surface area contributed by atoms with Gasteiger partial charge in [0.15, 0.2) is 0 Å². The Balaban J connectivity index is 1.46. The van der Waals surface area contributed by atoms with Crippen LogP contribution in [0.2, 0.25) is 0 Å². The second kappa shape index (κ2) is 7.88. The molecule has 0 spiro atoms. The highest BCUT2D eigenvalue weighted by atomic mass is 19.1. The van der Waals surface area contributed by atoms with Gasteiger partial charge in [-0.25, -0.2) is 4.39 Å². The summed E-state index contributed by atoms with van der Waals surface area (Å²) in [6.07, 6.45) is 15.2.